The standard InChI is InChI=1S/C12H20O2S/c1-11(2)5-10(7-13-11)15-8-12-3-9(4-12)6-14-12/h9-10H,3-8H2,1-2H3. The predicted molar refractivity (Wildman–Crippen MR) is 62.3 cm³/mol. The summed E-state index contributed by atoms with van der Waals surface area (Å²) < 4.78 is 11.6. The van der Waals surface area contributed by atoms with Crippen LogP contribution in [0.15, 0.2) is 0 Å². The van der Waals surface area contributed by atoms with Gasteiger partial charge in [0.15, 0.2) is 0 Å². The summed E-state index contributed by atoms with van der Waals surface area (Å²) in [6, 6.07) is 0. The maximum atomic E-state index is 5.86. The number of hydrogen-bond donors (Lipinski definition) is 0. The minimum absolute atomic E-state index is 0.105. The molecule has 4 aliphatic rings. The highest BCUT2D eigenvalue weighted by atomic mass is 32.2. The summed E-state index contributed by atoms with van der Waals surface area (Å²) in [4.78, 5) is 0. The molecule has 0 radical (unpaired) electrons. The van der Waals surface area contributed by atoms with Crippen molar-refractivity contribution in [3.63, 3.8) is 0 Å². The van der Waals surface area contributed by atoms with Crippen molar-refractivity contribution < 1.29 is 9.47 Å². The van der Waals surface area contributed by atoms with Crippen molar-refractivity contribution in [2.75, 3.05) is 19.0 Å². The van der Waals surface area contributed by atoms with Crippen molar-refractivity contribution in [2.24, 2.45) is 5.92 Å². The van der Waals surface area contributed by atoms with Crippen molar-refractivity contribution in [2.45, 2.75) is 49.6 Å². The van der Waals surface area contributed by atoms with Gasteiger partial charge in [0.1, 0.15) is 0 Å². The highest BCUT2D eigenvalue weighted by Crippen LogP contribution is 2.50. The molecule has 3 saturated heterocycles. The van der Waals surface area contributed by atoms with Crippen molar-refractivity contribution in [3.8, 4) is 0 Å². The Hall–Kier alpha value is 0.270. The van der Waals surface area contributed by atoms with E-state index in [0.717, 1.165) is 19.1 Å². The van der Waals surface area contributed by atoms with Gasteiger partial charge in [-0.2, -0.15) is 11.8 Å². The molecule has 3 heteroatoms. The SMILES string of the molecule is CC1(C)CC(SCC23CC(CO2)C3)CO1. The summed E-state index contributed by atoms with van der Waals surface area (Å²) in [5.41, 5.74) is 0.385. The molecule has 3 aliphatic heterocycles. The fourth-order valence-corrected chi connectivity index (χ4v) is 4.59. The fourth-order valence-electron chi connectivity index (χ4n) is 3.04. The lowest BCUT2D eigenvalue weighted by Gasteiger charge is -2.36. The van der Waals surface area contributed by atoms with Gasteiger partial charge in [-0.1, -0.05) is 0 Å². The molecule has 1 atom stereocenters. The summed E-state index contributed by atoms with van der Waals surface area (Å²) in [5, 5.41) is 0.692. The molecule has 0 aromatic carbocycles. The van der Waals surface area contributed by atoms with Crippen LogP contribution < -0.4 is 0 Å². The lowest BCUT2D eigenvalue weighted by atomic mass is 9.76. The summed E-state index contributed by atoms with van der Waals surface area (Å²) in [6.45, 7) is 6.33. The molecule has 2 nitrogen and oxygen atoms in total. The molecule has 0 spiro atoms. The number of rotatable bonds is 3. The van der Waals surface area contributed by atoms with E-state index in [1.165, 1.54) is 25.0 Å². The van der Waals surface area contributed by atoms with Crippen molar-refractivity contribution >= 4 is 11.8 Å². The van der Waals surface area contributed by atoms with Crippen LogP contribution in [0.4, 0.5) is 0 Å². The van der Waals surface area contributed by atoms with Crippen LogP contribution in [0.3, 0.4) is 0 Å². The zero-order chi connectivity index (χ0) is 10.5. The van der Waals surface area contributed by atoms with Gasteiger partial charge in [0.2, 0.25) is 0 Å². The van der Waals surface area contributed by atoms with Crippen LogP contribution in [-0.2, 0) is 9.47 Å². The Labute approximate surface area is 96.1 Å². The van der Waals surface area contributed by atoms with Crippen LogP contribution in [-0.4, -0.2) is 35.4 Å². The molecule has 0 amide bonds. The Morgan fingerprint density at radius 3 is 2.47 bits per heavy atom. The summed E-state index contributed by atoms with van der Waals surface area (Å²) >= 11 is 2.07. The van der Waals surface area contributed by atoms with E-state index in [1.54, 1.807) is 0 Å². The third kappa shape index (κ3) is 1.94. The Morgan fingerprint density at radius 2 is 1.93 bits per heavy atom. The smallest absolute Gasteiger partial charge is 0.0779 e. The minimum atomic E-state index is 0.105. The zero-order valence-corrected chi connectivity index (χ0v) is 10.4. The Kier molecular flexibility index (Phi) is 2.35. The van der Waals surface area contributed by atoms with Crippen LogP contribution in [0.5, 0.6) is 0 Å². The van der Waals surface area contributed by atoms with E-state index in [1.807, 2.05) is 0 Å². The van der Waals surface area contributed by atoms with Gasteiger partial charge >= 0.3 is 0 Å². The van der Waals surface area contributed by atoms with E-state index in [2.05, 4.69) is 25.6 Å². The Bertz CT molecular complexity index is 253. The van der Waals surface area contributed by atoms with Gasteiger partial charge in [0, 0.05) is 11.0 Å². The summed E-state index contributed by atoms with van der Waals surface area (Å²) in [5.74, 6) is 2.08. The maximum Gasteiger partial charge on any atom is 0.0779 e. The highest BCUT2D eigenvalue weighted by Gasteiger charge is 2.52. The highest BCUT2D eigenvalue weighted by molar-refractivity contribution is 8.00. The van der Waals surface area contributed by atoms with Gasteiger partial charge in [-0.15, -0.1) is 0 Å². The van der Waals surface area contributed by atoms with Gasteiger partial charge in [-0.3, -0.25) is 0 Å². The fraction of sp³-hybridized carbons (Fsp3) is 1.00. The van der Waals surface area contributed by atoms with Crippen LogP contribution >= 0.6 is 11.8 Å². The minimum Gasteiger partial charge on any atom is -0.374 e. The molecule has 0 N–H and O–H groups in total. The average Bonchev–Trinajstić information content (AvgIpc) is 2.73. The second-order valence-electron chi connectivity index (χ2n) is 5.98. The topological polar surface area (TPSA) is 18.5 Å². The van der Waals surface area contributed by atoms with Crippen LogP contribution in [0.1, 0.15) is 33.1 Å². The first-order valence-corrected chi connectivity index (χ1v) is 7.01. The largest absolute Gasteiger partial charge is 0.374 e. The third-order valence-corrected chi connectivity index (χ3v) is 5.37. The first-order chi connectivity index (χ1) is 7.07. The number of ether oxygens (including phenoxy) is 2. The van der Waals surface area contributed by atoms with Gasteiger partial charge in [0.25, 0.3) is 0 Å². The third-order valence-electron chi connectivity index (χ3n) is 3.91. The molecule has 2 bridgehead atoms. The lowest BCUT2D eigenvalue weighted by molar-refractivity contribution is 0.0249. The predicted octanol–water partition coefficient (Wildman–Crippen LogP) is 2.47. The normalized spacial score (nSPS) is 46.8. The van der Waals surface area contributed by atoms with Crippen molar-refractivity contribution in [1.82, 2.24) is 0 Å². The van der Waals surface area contributed by atoms with Gasteiger partial charge < -0.3 is 9.47 Å². The van der Waals surface area contributed by atoms with Crippen molar-refractivity contribution in [3.05, 3.63) is 0 Å². The molecule has 3 heterocycles. The molecular formula is C12H20O2S. The van der Waals surface area contributed by atoms with E-state index < -0.39 is 0 Å². The first kappa shape index (κ1) is 10.4. The lowest BCUT2D eigenvalue weighted by Crippen LogP contribution is -2.39. The average molecular weight is 228 g/mol. The van der Waals surface area contributed by atoms with E-state index in [4.69, 9.17) is 9.47 Å². The molecule has 0 aromatic heterocycles. The van der Waals surface area contributed by atoms with Crippen molar-refractivity contribution in [1.29, 1.82) is 0 Å². The Morgan fingerprint density at radius 1 is 1.13 bits per heavy atom. The zero-order valence-electron chi connectivity index (χ0n) is 9.62. The monoisotopic (exact) mass is 228 g/mol. The van der Waals surface area contributed by atoms with E-state index in [0.29, 0.717) is 5.25 Å². The summed E-state index contributed by atoms with van der Waals surface area (Å²) in [6.07, 6.45) is 3.82. The molecule has 1 saturated carbocycles. The van der Waals surface area contributed by atoms with Gasteiger partial charge in [-0.25, -0.2) is 0 Å². The first-order valence-electron chi connectivity index (χ1n) is 5.97. The summed E-state index contributed by atoms with van der Waals surface area (Å²) in [7, 11) is 0. The second kappa shape index (κ2) is 3.38. The van der Waals surface area contributed by atoms with E-state index in [-0.39, 0.29) is 11.2 Å². The second-order valence-corrected chi connectivity index (χ2v) is 7.26. The molecule has 86 valence electrons. The molecule has 15 heavy (non-hydrogen) atoms. The van der Waals surface area contributed by atoms with Gasteiger partial charge in [-0.05, 0) is 39.0 Å². The number of hydrogen-bond acceptors (Lipinski definition) is 3. The molecule has 1 aliphatic carbocycles. The number of thioether (sulfide) groups is 1. The van der Waals surface area contributed by atoms with E-state index in [9.17, 15) is 0 Å². The molecular weight excluding hydrogens is 208 g/mol. The maximum absolute atomic E-state index is 5.86. The van der Waals surface area contributed by atoms with Gasteiger partial charge in [0.05, 0.1) is 24.4 Å². The molecule has 1 unspecified atom stereocenters. The van der Waals surface area contributed by atoms with Crippen LogP contribution in [0.25, 0.3) is 0 Å². The molecule has 4 fully saturated rings. The molecule has 0 aromatic rings. The molecule has 4 rings (SSSR count). The Balaban J connectivity index is 1.47. The quantitative estimate of drug-likeness (QED) is 0.739. The number of fused-ring (bicyclic) bond motifs is 1. The van der Waals surface area contributed by atoms with E-state index >= 15 is 0 Å². The van der Waals surface area contributed by atoms with Crippen LogP contribution in [0, 0.1) is 5.92 Å². The van der Waals surface area contributed by atoms with Crippen LogP contribution in [0.2, 0.25) is 0 Å².